The Hall–Kier alpha value is 0.542. The summed E-state index contributed by atoms with van der Waals surface area (Å²) in [6, 6.07) is 18.0. The summed E-state index contributed by atoms with van der Waals surface area (Å²) in [4.78, 5) is 0. The Morgan fingerprint density at radius 3 is 0.914 bits per heavy atom. The molecular weight excluding hydrogens is 600 g/mol. The van der Waals surface area contributed by atoms with Crippen molar-refractivity contribution in [3.8, 4) is 0 Å². The third-order valence-electron chi connectivity index (χ3n) is 5.90. The molecule has 0 nitrogen and oxygen atoms in total. The molecule has 0 unspecified atom stereocenters. The van der Waals surface area contributed by atoms with Crippen LogP contribution < -0.4 is 10.6 Å². The van der Waals surface area contributed by atoms with Crippen molar-refractivity contribution in [2.75, 3.05) is 0 Å². The molecule has 0 amide bonds. The van der Waals surface area contributed by atoms with Crippen LogP contribution in [-0.2, 0) is 15.9 Å². The van der Waals surface area contributed by atoms with Crippen LogP contribution in [0.25, 0.3) is 0 Å². The maximum absolute atomic E-state index is 4.81. The minimum absolute atomic E-state index is 0.0270. The van der Waals surface area contributed by atoms with Gasteiger partial charge in [0.2, 0.25) is 0 Å². The average Bonchev–Trinajstić information content (AvgIpc) is 2.74. The Labute approximate surface area is 237 Å². The van der Waals surface area contributed by atoms with Gasteiger partial charge < -0.3 is 0 Å². The molecule has 35 heavy (non-hydrogen) atoms. The number of rotatable bonds is 8. The average molecular weight is 650 g/mol. The van der Waals surface area contributed by atoms with E-state index in [1.807, 2.05) is 0 Å². The zero-order valence-electron chi connectivity index (χ0n) is 24.0. The summed E-state index contributed by atoms with van der Waals surface area (Å²) in [5, 5.41) is 3.25. The number of hydrogen-bond acceptors (Lipinski definition) is 0. The fraction of sp³-hybridized carbons (Fsp3) is 0.600. The summed E-state index contributed by atoms with van der Waals surface area (Å²) in [6.45, 7) is 28.1. The van der Waals surface area contributed by atoms with E-state index in [0.29, 0.717) is 11.8 Å². The molecule has 0 aliphatic carbocycles. The first-order valence-corrected chi connectivity index (χ1v) is 19.8. The summed E-state index contributed by atoms with van der Waals surface area (Å²) < 4.78 is 0. The van der Waals surface area contributed by atoms with Crippen LogP contribution in [0.1, 0.15) is 106 Å². The van der Waals surface area contributed by atoms with E-state index < -0.39 is 0 Å². The quantitative estimate of drug-likeness (QED) is 0.197. The van der Waals surface area contributed by atoms with Crippen molar-refractivity contribution < 1.29 is 15.9 Å². The van der Waals surface area contributed by atoms with Crippen molar-refractivity contribution in [3.05, 3.63) is 59.7 Å². The first-order valence-electron chi connectivity index (χ1n) is 12.9. The van der Waals surface area contributed by atoms with Gasteiger partial charge in [-0.2, -0.15) is 0 Å². The van der Waals surface area contributed by atoms with Crippen LogP contribution in [0.5, 0.6) is 0 Å². The van der Waals surface area contributed by atoms with Crippen molar-refractivity contribution in [1.82, 2.24) is 0 Å². The van der Waals surface area contributed by atoms with Crippen LogP contribution in [-0.4, -0.2) is 22.6 Å². The van der Waals surface area contributed by atoms with Gasteiger partial charge in [-0.15, -0.1) is 0 Å². The summed E-state index contributed by atoms with van der Waals surface area (Å²) >= 11 is -0.106. The maximum atomic E-state index is 4.81. The van der Waals surface area contributed by atoms with Gasteiger partial charge in [0.25, 0.3) is 0 Å². The zero-order valence-corrected chi connectivity index (χ0v) is 28.9. The molecular formula is C30H50Cl2P2Pd. The molecule has 0 spiro atoms. The third kappa shape index (κ3) is 12.3. The molecule has 0 fully saturated rings. The fourth-order valence-electron chi connectivity index (χ4n) is 4.73. The van der Waals surface area contributed by atoms with Crippen molar-refractivity contribution in [2.45, 2.75) is 118 Å². The van der Waals surface area contributed by atoms with Gasteiger partial charge in [-0.3, -0.25) is 0 Å². The van der Waals surface area contributed by atoms with E-state index in [0.717, 1.165) is 22.6 Å². The molecule has 5 heteroatoms. The normalized spacial score (nSPS) is 11.7. The van der Waals surface area contributed by atoms with Crippen molar-refractivity contribution in [3.63, 3.8) is 0 Å². The van der Waals surface area contributed by atoms with Gasteiger partial charge in [0.05, 0.1) is 0 Å². The van der Waals surface area contributed by atoms with E-state index in [4.69, 9.17) is 19.1 Å². The number of halogens is 2. The molecule has 0 aromatic heterocycles. The Balaban J connectivity index is 0.000000594. The molecule has 0 aliphatic rings. The predicted octanol–water partition coefficient (Wildman–Crippen LogP) is 10.8. The third-order valence-corrected chi connectivity index (χ3v) is 12.3. The van der Waals surface area contributed by atoms with E-state index >= 15 is 0 Å². The Bertz CT molecular complexity index is 736. The summed E-state index contributed by atoms with van der Waals surface area (Å²) in [7, 11) is 9.57. The SMILES string of the molecule is CC(C)c1ccccc1P(C(C)C)C(C)C.CC(C)c1ccccc1P(C(C)C)C(C)C.[Cl][Pd][Cl]. The van der Waals surface area contributed by atoms with Crippen LogP contribution in [0.3, 0.4) is 0 Å². The molecule has 2 aromatic carbocycles. The molecule has 0 atom stereocenters. The van der Waals surface area contributed by atoms with Gasteiger partial charge in [-0.25, -0.2) is 0 Å². The molecule has 0 saturated heterocycles. The molecule has 204 valence electrons. The number of benzene rings is 2. The number of hydrogen-bond donors (Lipinski definition) is 0. The Morgan fingerprint density at radius 1 is 0.486 bits per heavy atom. The topological polar surface area (TPSA) is 0 Å². The predicted molar refractivity (Wildman–Crippen MR) is 166 cm³/mol. The van der Waals surface area contributed by atoms with E-state index in [1.54, 1.807) is 21.7 Å². The minimum atomic E-state index is -0.106. The molecule has 0 bridgehead atoms. The fourth-order valence-corrected chi connectivity index (χ4v) is 11.1. The van der Waals surface area contributed by atoms with E-state index in [9.17, 15) is 0 Å². The Morgan fingerprint density at radius 2 is 0.714 bits per heavy atom. The molecule has 0 radical (unpaired) electrons. The van der Waals surface area contributed by atoms with Crippen LogP contribution in [0.4, 0.5) is 0 Å². The van der Waals surface area contributed by atoms with Crippen LogP contribution in [0.15, 0.2) is 48.5 Å². The van der Waals surface area contributed by atoms with Crippen LogP contribution >= 0.6 is 34.9 Å². The van der Waals surface area contributed by atoms with E-state index in [1.165, 1.54) is 0 Å². The molecule has 0 N–H and O–H groups in total. The second kappa shape index (κ2) is 18.7. The zero-order chi connectivity index (χ0) is 27.3. The summed E-state index contributed by atoms with van der Waals surface area (Å²) in [5.74, 6) is 1.28. The first kappa shape index (κ1) is 35.5. The van der Waals surface area contributed by atoms with Gasteiger partial charge in [-0.1, -0.05) is 147 Å². The first-order chi connectivity index (χ1) is 16.3. The standard InChI is InChI=1S/2C15H25P.2ClH.Pd/c2*1-11(2)14-9-7-8-10-15(14)16(12(3)4)13(5)6;;;/h2*7-13H,1-6H3;2*1H;/q;;;;+2/p-2. The van der Waals surface area contributed by atoms with Gasteiger partial charge in [0, 0.05) is 0 Å². The van der Waals surface area contributed by atoms with Gasteiger partial charge >= 0.3 is 35.0 Å². The molecule has 0 heterocycles. The van der Waals surface area contributed by atoms with Crippen LogP contribution in [0.2, 0.25) is 0 Å². The second-order valence-electron chi connectivity index (χ2n) is 10.7. The van der Waals surface area contributed by atoms with Crippen molar-refractivity contribution in [1.29, 1.82) is 0 Å². The summed E-state index contributed by atoms with van der Waals surface area (Å²) in [6.07, 6.45) is 0. The molecule has 0 saturated carbocycles. The van der Waals surface area contributed by atoms with Crippen molar-refractivity contribution >= 4 is 45.5 Å². The second-order valence-corrected chi connectivity index (χ2v) is 19.7. The van der Waals surface area contributed by atoms with Crippen molar-refractivity contribution in [2.24, 2.45) is 0 Å². The Kier molecular flexibility index (Phi) is 19.0. The van der Waals surface area contributed by atoms with Crippen LogP contribution in [0, 0.1) is 0 Å². The monoisotopic (exact) mass is 648 g/mol. The van der Waals surface area contributed by atoms with Gasteiger partial charge in [0.15, 0.2) is 0 Å². The summed E-state index contributed by atoms with van der Waals surface area (Å²) in [5.41, 5.74) is 6.20. The van der Waals surface area contributed by atoms with Gasteiger partial charge in [0.1, 0.15) is 0 Å². The molecule has 2 rings (SSSR count). The van der Waals surface area contributed by atoms with E-state index in [-0.39, 0.29) is 31.8 Å². The van der Waals surface area contributed by atoms with E-state index in [2.05, 4.69) is 132 Å². The van der Waals surface area contributed by atoms with Gasteiger partial charge in [-0.05, 0) is 56.2 Å². The molecule has 0 aliphatic heterocycles. The molecule has 2 aromatic rings.